The summed E-state index contributed by atoms with van der Waals surface area (Å²) < 4.78 is 0. The fourth-order valence-corrected chi connectivity index (χ4v) is 4.42. The molecule has 0 aliphatic heterocycles. The van der Waals surface area contributed by atoms with Crippen molar-refractivity contribution in [3.8, 4) is 0 Å². The minimum Gasteiger partial charge on any atom is -0.388 e. The minimum absolute atomic E-state index is 0.0696. The van der Waals surface area contributed by atoms with E-state index in [-0.39, 0.29) is 11.3 Å². The highest BCUT2D eigenvalue weighted by atomic mass is 32.1. The van der Waals surface area contributed by atoms with E-state index in [0.717, 1.165) is 16.1 Å². The van der Waals surface area contributed by atoms with Crippen molar-refractivity contribution in [1.29, 1.82) is 0 Å². The zero-order valence-electron chi connectivity index (χ0n) is 17.1. The lowest BCUT2D eigenvalue weighted by Crippen LogP contribution is -2.43. The van der Waals surface area contributed by atoms with E-state index in [4.69, 9.17) is 0 Å². The van der Waals surface area contributed by atoms with Crippen LogP contribution in [-0.4, -0.2) is 22.2 Å². The van der Waals surface area contributed by atoms with Gasteiger partial charge in [-0.15, -0.1) is 11.3 Å². The van der Waals surface area contributed by atoms with Crippen LogP contribution in [0.1, 0.15) is 54.6 Å². The lowest BCUT2D eigenvalue weighted by Gasteiger charge is -2.34. The molecule has 0 spiro atoms. The molecule has 1 unspecified atom stereocenters. The molecule has 2 N–H and O–H groups in total. The first-order valence-corrected chi connectivity index (χ1v) is 10.6. The maximum atomic E-state index is 11.4. The molecule has 0 fully saturated rings. The van der Waals surface area contributed by atoms with Gasteiger partial charge in [-0.05, 0) is 18.1 Å². The van der Waals surface area contributed by atoms with Crippen molar-refractivity contribution < 1.29 is 5.11 Å². The highest BCUT2D eigenvalue weighted by Crippen LogP contribution is 2.34. The molecule has 0 aliphatic rings. The molecule has 3 rings (SSSR count). The van der Waals surface area contributed by atoms with Crippen LogP contribution in [0.4, 0.5) is 0 Å². The number of aromatic nitrogens is 1. The molecule has 148 valence electrons. The first-order valence-electron chi connectivity index (χ1n) is 9.75. The van der Waals surface area contributed by atoms with Gasteiger partial charge in [-0.1, -0.05) is 81.4 Å². The zero-order chi connectivity index (χ0) is 20.2. The average molecular weight is 395 g/mol. The molecule has 1 aromatic heterocycles. The Balaban J connectivity index is 1.74. The van der Waals surface area contributed by atoms with E-state index in [2.05, 4.69) is 55.3 Å². The predicted molar refractivity (Wildman–Crippen MR) is 118 cm³/mol. The van der Waals surface area contributed by atoms with Gasteiger partial charge in [0.15, 0.2) is 0 Å². The van der Waals surface area contributed by atoms with Gasteiger partial charge in [0, 0.05) is 35.5 Å². The Bertz CT molecular complexity index is 827. The Labute approximate surface area is 172 Å². The number of nitrogens with one attached hydrogen (secondary N) is 1. The van der Waals surface area contributed by atoms with Crippen molar-refractivity contribution >= 4 is 11.3 Å². The molecule has 3 nitrogen and oxygen atoms in total. The Morgan fingerprint density at radius 1 is 0.929 bits per heavy atom. The van der Waals surface area contributed by atoms with Crippen LogP contribution in [0.5, 0.6) is 0 Å². The second-order valence-corrected chi connectivity index (χ2v) is 9.71. The van der Waals surface area contributed by atoms with Crippen LogP contribution in [0.25, 0.3) is 0 Å². The van der Waals surface area contributed by atoms with Gasteiger partial charge in [-0.25, -0.2) is 4.98 Å². The normalized spacial score (nSPS) is 14.2. The summed E-state index contributed by atoms with van der Waals surface area (Å²) in [6, 6.07) is 20.5. The molecule has 4 heteroatoms. The van der Waals surface area contributed by atoms with E-state index in [1.807, 2.05) is 49.5 Å². The summed E-state index contributed by atoms with van der Waals surface area (Å²) in [6.07, 6.45) is 1.94. The molecule has 28 heavy (non-hydrogen) atoms. The topological polar surface area (TPSA) is 45.2 Å². The number of nitrogens with zero attached hydrogens (tertiary/aromatic N) is 1. The van der Waals surface area contributed by atoms with Crippen molar-refractivity contribution in [3.63, 3.8) is 0 Å². The molecule has 0 saturated carbocycles. The first kappa shape index (κ1) is 20.7. The summed E-state index contributed by atoms with van der Waals surface area (Å²) in [6.45, 7) is 9.65. The predicted octanol–water partition coefficient (Wildman–Crippen LogP) is 5.11. The molecule has 2 aromatic carbocycles. The van der Waals surface area contributed by atoms with Crippen LogP contribution in [0, 0.1) is 0 Å². The molecule has 3 aromatic rings. The first-order chi connectivity index (χ1) is 13.3. The van der Waals surface area contributed by atoms with Gasteiger partial charge in [-0.3, -0.25) is 0 Å². The van der Waals surface area contributed by atoms with E-state index in [1.54, 1.807) is 11.3 Å². The Morgan fingerprint density at radius 3 is 1.93 bits per heavy atom. The molecule has 0 radical (unpaired) electrons. The summed E-state index contributed by atoms with van der Waals surface area (Å²) in [5, 5.41) is 16.0. The van der Waals surface area contributed by atoms with Gasteiger partial charge in [0.1, 0.15) is 0 Å². The van der Waals surface area contributed by atoms with E-state index in [0.29, 0.717) is 13.1 Å². The monoisotopic (exact) mass is 394 g/mol. The van der Waals surface area contributed by atoms with E-state index < -0.39 is 5.60 Å². The summed E-state index contributed by atoms with van der Waals surface area (Å²) >= 11 is 1.74. The number of benzene rings is 2. The number of aliphatic hydroxyl groups is 1. The van der Waals surface area contributed by atoms with Crippen LogP contribution >= 0.6 is 11.3 Å². The maximum Gasteiger partial charge on any atom is 0.0981 e. The largest absolute Gasteiger partial charge is 0.388 e. The molecule has 0 aliphatic carbocycles. The second kappa shape index (κ2) is 8.56. The van der Waals surface area contributed by atoms with Crippen LogP contribution in [0.15, 0.2) is 66.9 Å². The van der Waals surface area contributed by atoms with Crippen molar-refractivity contribution in [1.82, 2.24) is 10.3 Å². The van der Waals surface area contributed by atoms with Crippen LogP contribution < -0.4 is 5.32 Å². The third-order valence-corrected chi connectivity index (χ3v) is 6.29. The third kappa shape index (κ3) is 5.07. The Hall–Kier alpha value is -2.01. The van der Waals surface area contributed by atoms with E-state index in [1.165, 1.54) is 4.88 Å². The van der Waals surface area contributed by atoms with Crippen LogP contribution in [0.2, 0.25) is 0 Å². The van der Waals surface area contributed by atoms with Gasteiger partial charge < -0.3 is 10.4 Å². The molecule has 0 bridgehead atoms. The fraction of sp³-hybridized carbons (Fsp3) is 0.375. The molecular formula is C24H30N2OS. The smallest absolute Gasteiger partial charge is 0.0981 e. The zero-order valence-corrected chi connectivity index (χ0v) is 18.0. The SMILES string of the molecule is CC(C)(C)c1ncc(CNCC(C)(O)C(c2ccccc2)c2ccccc2)s1. The lowest BCUT2D eigenvalue weighted by molar-refractivity contribution is 0.0426. The minimum atomic E-state index is -0.930. The van der Waals surface area contributed by atoms with E-state index >= 15 is 0 Å². The van der Waals surface area contributed by atoms with Crippen molar-refractivity contribution in [3.05, 3.63) is 87.9 Å². The van der Waals surface area contributed by atoms with E-state index in [9.17, 15) is 5.11 Å². The van der Waals surface area contributed by atoms with Gasteiger partial charge in [0.2, 0.25) is 0 Å². The lowest BCUT2D eigenvalue weighted by atomic mass is 9.78. The quantitative estimate of drug-likeness (QED) is 0.585. The average Bonchev–Trinajstić information content (AvgIpc) is 3.13. The summed E-state index contributed by atoms with van der Waals surface area (Å²) in [5.41, 5.74) is 1.38. The summed E-state index contributed by atoms with van der Waals surface area (Å²) in [5.74, 6) is -0.103. The van der Waals surface area contributed by atoms with Crippen LogP contribution in [0.3, 0.4) is 0 Å². The molecule has 0 saturated heterocycles. The highest BCUT2D eigenvalue weighted by molar-refractivity contribution is 7.11. The Morgan fingerprint density at radius 2 is 1.46 bits per heavy atom. The van der Waals surface area contributed by atoms with Crippen molar-refractivity contribution in [2.24, 2.45) is 0 Å². The third-order valence-electron chi connectivity index (χ3n) is 4.86. The van der Waals surface area contributed by atoms with Crippen molar-refractivity contribution in [2.45, 2.75) is 51.2 Å². The number of hydrogen-bond donors (Lipinski definition) is 2. The fourth-order valence-electron chi connectivity index (χ4n) is 3.48. The van der Waals surface area contributed by atoms with Gasteiger partial charge in [0.25, 0.3) is 0 Å². The standard InChI is InChI=1S/C24H30N2OS/c1-23(2,3)22-26-16-20(28-22)15-25-17-24(4,27)21(18-11-7-5-8-12-18)19-13-9-6-10-14-19/h5-14,16,21,25,27H,15,17H2,1-4H3. The maximum absolute atomic E-state index is 11.4. The number of thiazole rings is 1. The molecular weight excluding hydrogens is 364 g/mol. The van der Waals surface area contributed by atoms with Crippen LogP contribution in [-0.2, 0) is 12.0 Å². The van der Waals surface area contributed by atoms with Gasteiger partial charge in [0.05, 0.1) is 10.6 Å². The summed E-state index contributed by atoms with van der Waals surface area (Å²) in [7, 11) is 0. The molecule has 1 heterocycles. The Kier molecular flexibility index (Phi) is 6.33. The highest BCUT2D eigenvalue weighted by Gasteiger charge is 2.34. The van der Waals surface area contributed by atoms with Crippen molar-refractivity contribution in [2.75, 3.05) is 6.54 Å². The number of hydrogen-bond acceptors (Lipinski definition) is 4. The van der Waals surface area contributed by atoms with Gasteiger partial charge >= 0.3 is 0 Å². The molecule has 0 amide bonds. The number of rotatable bonds is 7. The van der Waals surface area contributed by atoms with Gasteiger partial charge in [-0.2, -0.15) is 0 Å². The summed E-state index contributed by atoms with van der Waals surface area (Å²) in [4.78, 5) is 5.74. The second-order valence-electron chi connectivity index (χ2n) is 8.60. The molecule has 1 atom stereocenters.